The van der Waals surface area contributed by atoms with Crippen LogP contribution in [0.15, 0.2) is 42.5 Å². The quantitative estimate of drug-likeness (QED) is 0.823. The van der Waals surface area contributed by atoms with Crippen LogP contribution in [-0.4, -0.2) is 30.4 Å². The zero-order chi connectivity index (χ0) is 18.1. The molecule has 1 atom stereocenters. The molecule has 2 aliphatic heterocycles. The summed E-state index contributed by atoms with van der Waals surface area (Å²) in [6.45, 7) is 2.82. The van der Waals surface area contributed by atoms with Crippen molar-refractivity contribution in [2.75, 3.05) is 19.6 Å². The van der Waals surface area contributed by atoms with Gasteiger partial charge < -0.3 is 10.2 Å². The van der Waals surface area contributed by atoms with E-state index in [1.165, 1.54) is 0 Å². The van der Waals surface area contributed by atoms with Crippen molar-refractivity contribution in [1.82, 2.24) is 10.2 Å². The Bertz CT molecular complexity index is 817. The third-order valence-electron chi connectivity index (χ3n) is 5.53. The topological polar surface area (TPSA) is 32.3 Å². The Morgan fingerprint density at radius 3 is 2.62 bits per heavy atom. The van der Waals surface area contributed by atoms with Crippen LogP contribution in [-0.2, 0) is 6.42 Å². The zero-order valence-electron chi connectivity index (χ0n) is 14.6. The van der Waals surface area contributed by atoms with E-state index in [2.05, 4.69) is 5.32 Å². The summed E-state index contributed by atoms with van der Waals surface area (Å²) in [4.78, 5) is 15.3. The Morgan fingerprint density at radius 2 is 1.85 bits per heavy atom. The Labute approximate surface area is 164 Å². The van der Waals surface area contributed by atoms with Crippen LogP contribution < -0.4 is 5.32 Å². The van der Waals surface area contributed by atoms with Crippen molar-refractivity contribution in [3.8, 4) is 0 Å². The second-order valence-corrected chi connectivity index (χ2v) is 8.04. The minimum atomic E-state index is -0.0444. The highest BCUT2D eigenvalue weighted by molar-refractivity contribution is 6.35. The van der Waals surface area contributed by atoms with Crippen molar-refractivity contribution in [2.24, 2.45) is 5.92 Å². The van der Waals surface area contributed by atoms with Gasteiger partial charge in [-0.15, -0.1) is 0 Å². The first-order valence-corrected chi connectivity index (χ1v) is 9.93. The Kier molecular flexibility index (Phi) is 5.21. The summed E-state index contributed by atoms with van der Waals surface area (Å²) in [7, 11) is 0. The van der Waals surface area contributed by atoms with Crippen molar-refractivity contribution in [1.29, 1.82) is 0 Å². The average Bonchev–Trinajstić information content (AvgIpc) is 2.65. The maximum atomic E-state index is 13.3. The molecule has 136 valence electrons. The van der Waals surface area contributed by atoms with E-state index in [0.717, 1.165) is 55.6 Å². The lowest BCUT2D eigenvalue weighted by atomic mass is 9.87. The van der Waals surface area contributed by atoms with Gasteiger partial charge in [0.15, 0.2) is 0 Å². The predicted molar refractivity (Wildman–Crippen MR) is 106 cm³/mol. The summed E-state index contributed by atoms with van der Waals surface area (Å²) in [6.07, 6.45) is 2.99. The lowest BCUT2D eigenvalue weighted by Crippen LogP contribution is -2.44. The highest BCUT2D eigenvalue weighted by Crippen LogP contribution is 2.38. The van der Waals surface area contributed by atoms with Crippen molar-refractivity contribution in [3.63, 3.8) is 0 Å². The molecule has 0 spiro atoms. The summed E-state index contributed by atoms with van der Waals surface area (Å²) in [5, 5.41) is 4.64. The van der Waals surface area contributed by atoms with E-state index in [1.807, 2.05) is 41.3 Å². The molecule has 1 unspecified atom stereocenters. The fourth-order valence-electron chi connectivity index (χ4n) is 4.12. The molecular formula is C21H22Cl2N2O. The van der Waals surface area contributed by atoms with E-state index in [-0.39, 0.29) is 11.9 Å². The van der Waals surface area contributed by atoms with E-state index >= 15 is 0 Å². The van der Waals surface area contributed by atoms with Crippen LogP contribution in [0.2, 0.25) is 10.0 Å². The molecule has 0 aliphatic carbocycles. The van der Waals surface area contributed by atoms with Gasteiger partial charge in [0.1, 0.15) is 0 Å². The van der Waals surface area contributed by atoms with Gasteiger partial charge in [0.25, 0.3) is 5.91 Å². The molecule has 0 radical (unpaired) electrons. The van der Waals surface area contributed by atoms with Crippen LogP contribution in [0.1, 0.15) is 40.4 Å². The first kappa shape index (κ1) is 17.8. The van der Waals surface area contributed by atoms with Gasteiger partial charge in [-0.2, -0.15) is 0 Å². The lowest BCUT2D eigenvalue weighted by Gasteiger charge is -2.40. The van der Waals surface area contributed by atoms with Crippen LogP contribution in [0, 0.1) is 5.92 Å². The highest BCUT2D eigenvalue weighted by Gasteiger charge is 2.35. The maximum absolute atomic E-state index is 13.3. The molecule has 2 aromatic carbocycles. The summed E-state index contributed by atoms with van der Waals surface area (Å²) < 4.78 is 0. The number of halogens is 2. The van der Waals surface area contributed by atoms with E-state index in [9.17, 15) is 4.79 Å². The summed E-state index contributed by atoms with van der Waals surface area (Å²) >= 11 is 12.6. The molecule has 1 amide bonds. The number of rotatable bonds is 3. The molecule has 4 rings (SSSR count). The summed E-state index contributed by atoms with van der Waals surface area (Å²) in [5.74, 6) is 0.639. The number of benzene rings is 2. The first-order valence-electron chi connectivity index (χ1n) is 9.18. The van der Waals surface area contributed by atoms with E-state index in [0.29, 0.717) is 16.0 Å². The second kappa shape index (κ2) is 7.59. The molecule has 26 heavy (non-hydrogen) atoms. The molecule has 5 heteroatoms. The third-order valence-corrected chi connectivity index (χ3v) is 6.10. The van der Waals surface area contributed by atoms with Crippen LogP contribution in [0.5, 0.6) is 0 Å². The van der Waals surface area contributed by atoms with Gasteiger partial charge in [0.2, 0.25) is 0 Å². The molecule has 1 N–H and O–H groups in total. The Hall–Kier alpha value is -1.55. The molecule has 2 aliphatic rings. The van der Waals surface area contributed by atoms with Gasteiger partial charge in [-0.1, -0.05) is 47.5 Å². The minimum Gasteiger partial charge on any atom is -0.331 e. The maximum Gasteiger partial charge on any atom is 0.254 e. The van der Waals surface area contributed by atoms with Crippen LogP contribution >= 0.6 is 23.2 Å². The molecule has 2 heterocycles. The van der Waals surface area contributed by atoms with E-state index in [4.69, 9.17) is 23.2 Å². The summed E-state index contributed by atoms with van der Waals surface area (Å²) in [6, 6.07) is 13.5. The van der Waals surface area contributed by atoms with Gasteiger partial charge >= 0.3 is 0 Å². The van der Waals surface area contributed by atoms with Gasteiger partial charge in [-0.25, -0.2) is 0 Å². The van der Waals surface area contributed by atoms with Gasteiger partial charge in [-0.3, -0.25) is 4.79 Å². The van der Waals surface area contributed by atoms with E-state index in [1.54, 1.807) is 6.07 Å². The fourth-order valence-corrected chi connectivity index (χ4v) is 4.66. The number of piperidine rings is 1. The van der Waals surface area contributed by atoms with Crippen LogP contribution in [0.4, 0.5) is 0 Å². The largest absolute Gasteiger partial charge is 0.331 e. The number of fused-ring (bicyclic) bond motifs is 1. The number of hydrogen-bond acceptors (Lipinski definition) is 2. The van der Waals surface area contributed by atoms with Crippen molar-refractivity contribution in [2.45, 2.75) is 25.3 Å². The normalized spacial score (nSPS) is 20.9. The SMILES string of the molecule is O=C1c2ccccc2CC(c2ccc(Cl)cc2Cl)N1CC1CCNCC1. The van der Waals surface area contributed by atoms with Crippen molar-refractivity contribution < 1.29 is 4.79 Å². The van der Waals surface area contributed by atoms with Crippen molar-refractivity contribution in [3.05, 3.63) is 69.2 Å². The summed E-state index contributed by atoms with van der Waals surface area (Å²) in [5.41, 5.74) is 2.89. The number of hydrogen-bond donors (Lipinski definition) is 1. The van der Waals surface area contributed by atoms with Gasteiger partial charge in [0, 0.05) is 22.2 Å². The number of carbonyl (C=O) groups is 1. The Balaban J connectivity index is 1.71. The van der Waals surface area contributed by atoms with E-state index < -0.39 is 0 Å². The van der Waals surface area contributed by atoms with Gasteiger partial charge in [0.05, 0.1) is 6.04 Å². The standard InChI is InChI=1S/C21H22Cl2N2O/c22-16-5-6-18(19(23)12-16)20-11-15-3-1-2-4-17(15)21(26)25(20)13-14-7-9-24-10-8-14/h1-6,12,14,20,24H,7-11,13H2. The number of carbonyl (C=O) groups excluding carboxylic acids is 1. The number of nitrogens with zero attached hydrogens (tertiary/aromatic N) is 1. The minimum absolute atomic E-state index is 0.0444. The number of amides is 1. The second-order valence-electron chi connectivity index (χ2n) is 7.19. The molecule has 1 fully saturated rings. The average molecular weight is 389 g/mol. The monoisotopic (exact) mass is 388 g/mol. The molecule has 2 aromatic rings. The smallest absolute Gasteiger partial charge is 0.254 e. The van der Waals surface area contributed by atoms with Crippen LogP contribution in [0.3, 0.4) is 0 Å². The zero-order valence-corrected chi connectivity index (χ0v) is 16.1. The molecule has 0 saturated carbocycles. The third kappa shape index (κ3) is 3.48. The molecule has 1 saturated heterocycles. The van der Waals surface area contributed by atoms with Gasteiger partial charge in [-0.05, 0) is 67.6 Å². The Morgan fingerprint density at radius 1 is 1.08 bits per heavy atom. The lowest BCUT2D eigenvalue weighted by molar-refractivity contribution is 0.0592. The predicted octanol–water partition coefficient (Wildman–Crippen LogP) is 4.73. The number of nitrogens with one attached hydrogen (secondary N) is 1. The molecule has 0 aromatic heterocycles. The molecular weight excluding hydrogens is 367 g/mol. The molecule has 3 nitrogen and oxygen atoms in total. The molecule has 0 bridgehead atoms. The fraction of sp³-hybridized carbons (Fsp3) is 0.381. The first-order chi connectivity index (χ1) is 12.6. The van der Waals surface area contributed by atoms with Crippen molar-refractivity contribution >= 4 is 29.1 Å². The van der Waals surface area contributed by atoms with Crippen LogP contribution in [0.25, 0.3) is 0 Å². The highest BCUT2D eigenvalue weighted by atomic mass is 35.5.